The summed E-state index contributed by atoms with van der Waals surface area (Å²) in [6.07, 6.45) is -2.39. The van der Waals surface area contributed by atoms with Gasteiger partial charge >= 0.3 is 12.3 Å². The lowest BCUT2D eigenvalue weighted by molar-refractivity contribution is -0.206. The van der Waals surface area contributed by atoms with Crippen LogP contribution in [0.2, 0.25) is 0 Å². The Bertz CT molecular complexity index is 965. The molecule has 154 valence electrons. The highest BCUT2D eigenvalue weighted by Gasteiger charge is 2.49. The van der Waals surface area contributed by atoms with E-state index in [0.717, 1.165) is 56.5 Å². The molecule has 10 heteroatoms. The summed E-state index contributed by atoms with van der Waals surface area (Å²) in [5.41, 5.74) is 2.80. The Morgan fingerprint density at radius 1 is 1.21 bits per heavy atom. The van der Waals surface area contributed by atoms with Gasteiger partial charge in [-0.25, -0.2) is 9.78 Å². The quantitative estimate of drug-likeness (QED) is 0.796. The summed E-state index contributed by atoms with van der Waals surface area (Å²) in [5.74, 6) is -0.121. The molecule has 0 spiro atoms. The van der Waals surface area contributed by atoms with Crippen molar-refractivity contribution in [1.29, 1.82) is 0 Å². The second-order valence-electron chi connectivity index (χ2n) is 7.63. The van der Waals surface area contributed by atoms with Gasteiger partial charge in [0.1, 0.15) is 5.82 Å². The summed E-state index contributed by atoms with van der Waals surface area (Å²) >= 11 is 0. The molecule has 4 heterocycles. The largest absolute Gasteiger partial charge is 0.431 e. The van der Waals surface area contributed by atoms with Crippen LogP contribution in [0.3, 0.4) is 0 Å². The average Bonchev–Trinajstić information content (AvgIpc) is 3.29. The number of piperidine rings is 1. The molecule has 1 atom stereocenters. The average molecular weight is 407 g/mol. The number of hydrogen-bond acceptors (Lipinski definition) is 5. The number of aromatic nitrogens is 3. The van der Waals surface area contributed by atoms with Crippen LogP contribution in [0.15, 0.2) is 12.3 Å². The van der Waals surface area contributed by atoms with Crippen LogP contribution in [0, 0.1) is 0 Å². The van der Waals surface area contributed by atoms with E-state index in [2.05, 4.69) is 20.4 Å². The number of nitrogens with one attached hydrogen (secondary N) is 2. The molecule has 7 nitrogen and oxygen atoms in total. The van der Waals surface area contributed by atoms with Gasteiger partial charge < -0.3 is 10.1 Å². The van der Waals surface area contributed by atoms with Crippen molar-refractivity contribution in [3.8, 4) is 11.3 Å². The Morgan fingerprint density at radius 2 is 2.00 bits per heavy atom. The fourth-order valence-electron chi connectivity index (χ4n) is 4.60. The first-order valence-electron chi connectivity index (χ1n) is 9.78. The first kappa shape index (κ1) is 18.4. The Kier molecular flexibility index (Phi) is 4.27. The molecule has 2 N–H and O–H groups in total. The van der Waals surface area contributed by atoms with Gasteiger partial charge in [0.2, 0.25) is 6.10 Å². The Balaban J connectivity index is 1.66. The van der Waals surface area contributed by atoms with Gasteiger partial charge in [-0.15, -0.1) is 0 Å². The fraction of sp³-hybridized carbons (Fsp3) is 0.526. The zero-order valence-corrected chi connectivity index (χ0v) is 15.6. The molecule has 1 aliphatic carbocycles. The topological polar surface area (TPSA) is 81.1 Å². The highest BCUT2D eigenvalue weighted by molar-refractivity contribution is 5.89. The molecule has 0 unspecified atom stereocenters. The van der Waals surface area contributed by atoms with Crippen molar-refractivity contribution < 1.29 is 22.7 Å². The van der Waals surface area contributed by atoms with Crippen molar-refractivity contribution in [2.24, 2.45) is 0 Å². The van der Waals surface area contributed by atoms with E-state index in [-0.39, 0.29) is 17.4 Å². The molecule has 0 aromatic carbocycles. The summed E-state index contributed by atoms with van der Waals surface area (Å²) in [6, 6.07) is 1.77. The number of nitrogens with zero attached hydrogens (tertiary/aromatic N) is 3. The summed E-state index contributed by atoms with van der Waals surface area (Å²) in [5, 5.41) is 10.4. The van der Waals surface area contributed by atoms with Crippen LogP contribution in [0.5, 0.6) is 0 Å². The van der Waals surface area contributed by atoms with E-state index in [1.165, 1.54) is 12.3 Å². The normalized spacial score (nSPS) is 22.0. The van der Waals surface area contributed by atoms with Gasteiger partial charge in [0.25, 0.3) is 0 Å². The zero-order valence-electron chi connectivity index (χ0n) is 15.6. The van der Waals surface area contributed by atoms with Crippen molar-refractivity contribution >= 4 is 11.9 Å². The lowest BCUT2D eigenvalue weighted by Crippen LogP contribution is -2.34. The molecular formula is C19H20F3N5O2. The molecule has 1 fully saturated rings. The number of hydrogen-bond donors (Lipinski definition) is 2. The van der Waals surface area contributed by atoms with E-state index in [4.69, 9.17) is 5.10 Å². The minimum Gasteiger partial charge on any atom is -0.431 e. The predicted octanol–water partition coefficient (Wildman–Crippen LogP) is 3.52. The Labute approximate surface area is 164 Å². The molecule has 2 aromatic heterocycles. The molecular weight excluding hydrogens is 387 g/mol. The van der Waals surface area contributed by atoms with Crippen LogP contribution in [-0.4, -0.2) is 40.1 Å². The molecule has 29 heavy (non-hydrogen) atoms. The second kappa shape index (κ2) is 6.72. The monoisotopic (exact) mass is 407 g/mol. The second-order valence-corrected chi connectivity index (χ2v) is 7.63. The van der Waals surface area contributed by atoms with Gasteiger partial charge in [0, 0.05) is 23.0 Å². The van der Waals surface area contributed by atoms with E-state index < -0.39 is 18.4 Å². The van der Waals surface area contributed by atoms with Gasteiger partial charge in [-0.3, -0.25) is 10.00 Å². The van der Waals surface area contributed by atoms with Crippen LogP contribution in [0.1, 0.15) is 48.2 Å². The lowest BCUT2D eigenvalue weighted by Gasteiger charge is -2.28. The molecule has 0 bridgehead atoms. The molecule has 3 aliphatic rings. The van der Waals surface area contributed by atoms with Gasteiger partial charge in [-0.05, 0) is 51.3 Å². The summed E-state index contributed by atoms with van der Waals surface area (Å²) in [7, 11) is 0. The molecule has 1 amide bonds. The van der Waals surface area contributed by atoms with Crippen LogP contribution in [-0.2, 0) is 17.6 Å². The van der Waals surface area contributed by atoms with Crippen molar-refractivity contribution in [1.82, 2.24) is 20.1 Å². The number of carbonyl (C=O) groups is 1. The minimum absolute atomic E-state index is 0.121. The summed E-state index contributed by atoms with van der Waals surface area (Å²) < 4.78 is 47.7. The van der Waals surface area contributed by atoms with Crippen molar-refractivity contribution in [2.75, 3.05) is 18.4 Å². The molecule has 5 rings (SSSR count). The van der Waals surface area contributed by atoms with Crippen molar-refractivity contribution in [2.45, 2.75) is 50.4 Å². The van der Waals surface area contributed by atoms with Crippen molar-refractivity contribution in [3.63, 3.8) is 0 Å². The summed E-state index contributed by atoms with van der Waals surface area (Å²) in [6.45, 7) is 1.80. The number of amides is 1. The number of pyridine rings is 1. The highest BCUT2D eigenvalue weighted by atomic mass is 19.4. The predicted molar refractivity (Wildman–Crippen MR) is 97.5 cm³/mol. The number of alkyl halides is 3. The Hall–Kier alpha value is -2.62. The van der Waals surface area contributed by atoms with Crippen LogP contribution >= 0.6 is 0 Å². The van der Waals surface area contributed by atoms with Gasteiger partial charge in [0.05, 0.1) is 17.3 Å². The maximum absolute atomic E-state index is 13.7. The lowest BCUT2D eigenvalue weighted by atomic mass is 9.97. The van der Waals surface area contributed by atoms with Crippen LogP contribution in [0.25, 0.3) is 11.3 Å². The number of cyclic esters (lactones) is 1. The third-order valence-electron chi connectivity index (χ3n) is 5.86. The summed E-state index contributed by atoms with van der Waals surface area (Å²) in [4.78, 5) is 15.6. The SMILES string of the molecule is O=C1Nc2nccc(-c3nn(C4CCNCC4)c4c3CCC4)c2[C@H](C(F)(F)F)O1. The maximum atomic E-state index is 13.7. The van der Waals surface area contributed by atoms with Gasteiger partial charge in [-0.1, -0.05) is 0 Å². The number of halogens is 3. The van der Waals surface area contributed by atoms with E-state index >= 15 is 0 Å². The van der Waals surface area contributed by atoms with Crippen LogP contribution < -0.4 is 10.6 Å². The van der Waals surface area contributed by atoms with Gasteiger partial charge in [0.15, 0.2) is 0 Å². The zero-order chi connectivity index (χ0) is 20.2. The third-order valence-corrected chi connectivity index (χ3v) is 5.86. The fourth-order valence-corrected chi connectivity index (χ4v) is 4.60. The number of anilines is 1. The molecule has 2 aliphatic heterocycles. The molecule has 0 saturated carbocycles. The smallest absolute Gasteiger partial charge is 0.430 e. The number of rotatable bonds is 2. The first-order chi connectivity index (χ1) is 13.9. The standard InChI is InChI=1S/C19H20F3N5O2/c20-19(21,22)16-14-12(6-9-24-17(14)25-18(28)29-16)15-11-2-1-3-13(11)27(26-15)10-4-7-23-8-5-10/h6,9-10,16,23H,1-5,7-8H2,(H,24,25,28)/t16-/m1/s1. The maximum Gasteiger partial charge on any atom is 0.430 e. The third kappa shape index (κ3) is 3.06. The van der Waals surface area contributed by atoms with E-state index in [9.17, 15) is 18.0 Å². The van der Waals surface area contributed by atoms with Crippen molar-refractivity contribution in [3.05, 3.63) is 29.1 Å². The van der Waals surface area contributed by atoms with E-state index in [1.807, 2.05) is 4.68 Å². The minimum atomic E-state index is -4.74. The van der Waals surface area contributed by atoms with Gasteiger partial charge in [-0.2, -0.15) is 18.3 Å². The number of carbonyl (C=O) groups excluding carboxylic acids is 1. The van der Waals surface area contributed by atoms with E-state index in [1.54, 1.807) is 0 Å². The van der Waals surface area contributed by atoms with Crippen LogP contribution in [0.4, 0.5) is 23.8 Å². The Morgan fingerprint density at radius 3 is 2.76 bits per heavy atom. The molecule has 1 saturated heterocycles. The van der Waals surface area contributed by atoms with E-state index in [0.29, 0.717) is 11.3 Å². The molecule has 0 radical (unpaired) electrons. The first-order valence-corrected chi connectivity index (χ1v) is 9.78. The molecule has 2 aromatic rings. The number of ether oxygens (including phenoxy) is 1. The number of fused-ring (bicyclic) bond motifs is 2. The highest BCUT2D eigenvalue weighted by Crippen LogP contribution is 2.47.